The first-order chi connectivity index (χ1) is 8.95. The molecule has 2 rings (SSSR count). The Morgan fingerprint density at radius 3 is 2.68 bits per heavy atom. The predicted molar refractivity (Wildman–Crippen MR) is 67.8 cm³/mol. The normalized spacial score (nSPS) is 12.0. The summed E-state index contributed by atoms with van der Waals surface area (Å²) in [7, 11) is 3.72. The average molecular weight is 264 g/mol. The van der Waals surface area contributed by atoms with E-state index in [9.17, 15) is 8.78 Å². The zero-order valence-electron chi connectivity index (χ0n) is 10.8. The van der Waals surface area contributed by atoms with Crippen LogP contribution in [0.2, 0.25) is 0 Å². The number of fused-ring (bicyclic) bond motifs is 1. The van der Waals surface area contributed by atoms with Gasteiger partial charge in [-0.1, -0.05) is 12.1 Å². The molecular formula is C13H14F2N4. The van der Waals surface area contributed by atoms with Crippen LogP contribution in [0.1, 0.15) is 5.82 Å². The van der Waals surface area contributed by atoms with E-state index in [1.54, 1.807) is 24.3 Å². The van der Waals surface area contributed by atoms with Crippen molar-refractivity contribution in [1.29, 1.82) is 5.26 Å². The average Bonchev–Trinajstić information content (AvgIpc) is 2.75. The molecule has 0 bridgehead atoms. The van der Waals surface area contributed by atoms with Crippen molar-refractivity contribution < 1.29 is 8.78 Å². The Labute approximate surface area is 109 Å². The number of hydrogen-bond acceptors (Lipinski definition) is 3. The Morgan fingerprint density at radius 1 is 1.37 bits per heavy atom. The van der Waals surface area contributed by atoms with E-state index in [-0.39, 0.29) is 0 Å². The molecule has 0 unspecified atom stereocenters. The summed E-state index contributed by atoms with van der Waals surface area (Å²) in [4.78, 5) is 5.80. The summed E-state index contributed by atoms with van der Waals surface area (Å²) in [6.45, 7) is 0.953. The second kappa shape index (κ2) is 4.94. The molecule has 0 spiro atoms. The highest BCUT2D eigenvalue weighted by molar-refractivity contribution is 5.76. The van der Waals surface area contributed by atoms with Crippen molar-refractivity contribution in [1.82, 2.24) is 14.5 Å². The standard InChI is InChI=1S/C13H14F2N4/c1-18(2)7-8-19-11-6-4-3-5-10(11)17-12(19)13(14,15)9-16/h3-6H,7-8H2,1-2H3. The molecule has 0 amide bonds. The molecular weight excluding hydrogens is 250 g/mol. The molecule has 4 nitrogen and oxygen atoms in total. The first-order valence-electron chi connectivity index (χ1n) is 5.85. The maximum absolute atomic E-state index is 13.7. The van der Waals surface area contributed by atoms with Crippen LogP contribution in [0.4, 0.5) is 8.78 Å². The van der Waals surface area contributed by atoms with Gasteiger partial charge >= 0.3 is 5.92 Å². The number of aromatic nitrogens is 2. The van der Waals surface area contributed by atoms with Gasteiger partial charge in [-0.25, -0.2) is 4.98 Å². The Kier molecular flexibility index (Phi) is 3.49. The van der Waals surface area contributed by atoms with E-state index in [4.69, 9.17) is 5.26 Å². The first kappa shape index (κ1) is 13.4. The highest BCUT2D eigenvalue weighted by atomic mass is 19.3. The minimum Gasteiger partial charge on any atom is -0.321 e. The first-order valence-corrected chi connectivity index (χ1v) is 5.85. The van der Waals surface area contributed by atoms with Gasteiger partial charge in [0, 0.05) is 13.1 Å². The third-order valence-corrected chi connectivity index (χ3v) is 2.85. The summed E-state index contributed by atoms with van der Waals surface area (Å²) in [6.07, 6.45) is 0. The maximum Gasteiger partial charge on any atom is 0.388 e. The lowest BCUT2D eigenvalue weighted by Crippen LogP contribution is -2.23. The molecule has 0 aliphatic rings. The minimum absolute atomic E-state index is 0.361. The monoisotopic (exact) mass is 264 g/mol. The Morgan fingerprint density at radius 2 is 2.05 bits per heavy atom. The molecule has 0 atom stereocenters. The van der Waals surface area contributed by atoms with Crippen LogP contribution in [0, 0.1) is 11.3 Å². The van der Waals surface area contributed by atoms with E-state index in [1.807, 2.05) is 19.0 Å². The van der Waals surface area contributed by atoms with Crippen LogP contribution in [0.3, 0.4) is 0 Å². The van der Waals surface area contributed by atoms with Crippen LogP contribution in [0.5, 0.6) is 0 Å². The van der Waals surface area contributed by atoms with Gasteiger partial charge in [0.1, 0.15) is 6.07 Å². The van der Waals surface area contributed by atoms with E-state index < -0.39 is 11.7 Å². The molecule has 2 aromatic rings. The van der Waals surface area contributed by atoms with E-state index in [0.29, 0.717) is 24.1 Å². The highest BCUT2D eigenvalue weighted by Gasteiger charge is 2.37. The molecule has 1 aromatic carbocycles. The van der Waals surface area contributed by atoms with Crippen LogP contribution in [-0.2, 0) is 12.5 Å². The molecule has 0 N–H and O–H groups in total. The van der Waals surface area contributed by atoms with Crippen molar-refractivity contribution in [3.63, 3.8) is 0 Å². The van der Waals surface area contributed by atoms with Crippen LogP contribution in [-0.4, -0.2) is 35.1 Å². The number of halogens is 2. The van der Waals surface area contributed by atoms with Crippen molar-refractivity contribution in [3.05, 3.63) is 30.1 Å². The molecule has 6 heteroatoms. The third kappa shape index (κ3) is 2.56. The largest absolute Gasteiger partial charge is 0.388 e. The lowest BCUT2D eigenvalue weighted by Gasteiger charge is -2.15. The fourth-order valence-electron chi connectivity index (χ4n) is 1.89. The van der Waals surface area contributed by atoms with Crippen molar-refractivity contribution >= 4 is 11.0 Å². The summed E-state index contributed by atoms with van der Waals surface area (Å²) in [5.41, 5.74) is 1.10. The predicted octanol–water partition coefficient (Wildman–Crippen LogP) is 2.21. The van der Waals surface area contributed by atoms with Gasteiger partial charge in [0.05, 0.1) is 11.0 Å². The minimum atomic E-state index is -3.58. The fourth-order valence-corrected chi connectivity index (χ4v) is 1.89. The molecule has 0 saturated carbocycles. The van der Waals surface area contributed by atoms with Crippen molar-refractivity contribution in [2.75, 3.05) is 20.6 Å². The Hall–Kier alpha value is -2.00. The van der Waals surface area contributed by atoms with E-state index in [2.05, 4.69) is 4.98 Å². The van der Waals surface area contributed by atoms with Crippen LogP contribution in [0.25, 0.3) is 11.0 Å². The molecule has 100 valence electrons. The molecule has 1 aromatic heterocycles. The number of rotatable bonds is 4. The molecule has 0 aliphatic carbocycles. The summed E-state index contributed by atoms with van der Waals surface area (Å²) in [5.74, 6) is -4.07. The van der Waals surface area contributed by atoms with E-state index in [1.165, 1.54) is 4.57 Å². The van der Waals surface area contributed by atoms with Gasteiger partial charge in [0.25, 0.3) is 0 Å². The molecule has 0 radical (unpaired) electrons. The van der Waals surface area contributed by atoms with Gasteiger partial charge in [0.2, 0.25) is 0 Å². The summed E-state index contributed by atoms with van der Waals surface area (Å²) < 4.78 is 28.7. The van der Waals surface area contributed by atoms with Crippen molar-refractivity contribution in [2.45, 2.75) is 12.5 Å². The van der Waals surface area contributed by atoms with Crippen molar-refractivity contribution in [2.24, 2.45) is 0 Å². The number of benzene rings is 1. The number of para-hydroxylation sites is 2. The zero-order valence-corrected chi connectivity index (χ0v) is 10.8. The van der Waals surface area contributed by atoms with E-state index >= 15 is 0 Å². The summed E-state index contributed by atoms with van der Waals surface area (Å²) in [6, 6.07) is 7.92. The SMILES string of the molecule is CN(C)CCn1c(C(F)(F)C#N)nc2ccccc21. The number of hydrogen-bond donors (Lipinski definition) is 0. The lowest BCUT2D eigenvalue weighted by atomic mass is 10.3. The molecule has 1 heterocycles. The second-order valence-corrected chi connectivity index (χ2v) is 4.57. The van der Waals surface area contributed by atoms with Gasteiger partial charge in [-0.2, -0.15) is 14.0 Å². The number of nitrogens with zero attached hydrogens (tertiary/aromatic N) is 4. The third-order valence-electron chi connectivity index (χ3n) is 2.85. The quantitative estimate of drug-likeness (QED) is 0.850. The Bertz CT molecular complexity index is 625. The van der Waals surface area contributed by atoms with Crippen LogP contribution >= 0.6 is 0 Å². The highest BCUT2D eigenvalue weighted by Crippen LogP contribution is 2.29. The topological polar surface area (TPSA) is 44.9 Å². The van der Waals surface area contributed by atoms with Gasteiger partial charge in [-0.3, -0.25) is 0 Å². The van der Waals surface area contributed by atoms with Crippen molar-refractivity contribution in [3.8, 4) is 6.07 Å². The number of imidazole rings is 1. The van der Waals surface area contributed by atoms with Gasteiger partial charge in [-0.05, 0) is 26.2 Å². The van der Waals surface area contributed by atoms with Gasteiger partial charge in [0.15, 0.2) is 5.82 Å². The lowest BCUT2D eigenvalue weighted by molar-refractivity contribution is 0.0471. The smallest absolute Gasteiger partial charge is 0.321 e. The summed E-state index contributed by atoms with van der Waals surface area (Å²) in [5, 5.41) is 8.61. The molecule has 0 saturated heterocycles. The van der Waals surface area contributed by atoms with E-state index in [0.717, 1.165) is 6.07 Å². The zero-order chi connectivity index (χ0) is 14.0. The Balaban J connectivity index is 2.56. The number of alkyl halides is 2. The van der Waals surface area contributed by atoms with Crippen LogP contribution in [0.15, 0.2) is 24.3 Å². The number of nitriles is 1. The van der Waals surface area contributed by atoms with Crippen LogP contribution < -0.4 is 0 Å². The fraction of sp³-hybridized carbons (Fsp3) is 0.385. The molecule has 0 aliphatic heterocycles. The molecule has 0 fully saturated rings. The second-order valence-electron chi connectivity index (χ2n) is 4.57. The number of likely N-dealkylation sites (N-methyl/N-ethyl adjacent to an activating group) is 1. The molecule has 19 heavy (non-hydrogen) atoms. The van der Waals surface area contributed by atoms with Gasteiger partial charge in [-0.15, -0.1) is 0 Å². The summed E-state index contributed by atoms with van der Waals surface area (Å²) >= 11 is 0. The van der Waals surface area contributed by atoms with Gasteiger partial charge < -0.3 is 9.47 Å². The maximum atomic E-state index is 13.7.